The molecule has 2 rings (SSSR count). The Balaban J connectivity index is 2.43. The molecule has 106 valence electrons. The van der Waals surface area contributed by atoms with Gasteiger partial charge >= 0.3 is 0 Å². The highest BCUT2D eigenvalue weighted by atomic mass is 79.9. The Hall–Kier alpha value is -1.24. The number of sulfonamides is 1. The number of hydrogen-bond acceptors (Lipinski definition) is 3. The predicted octanol–water partition coefficient (Wildman–Crippen LogP) is 3.91. The summed E-state index contributed by atoms with van der Waals surface area (Å²) < 4.78 is 33.1. The van der Waals surface area contributed by atoms with Crippen LogP contribution in [0.15, 0.2) is 51.8 Å². The van der Waals surface area contributed by atoms with Gasteiger partial charge in [-0.2, -0.15) is 0 Å². The Labute approximate surface area is 130 Å². The maximum absolute atomic E-state index is 12.4. The lowest BCUT2D eigenvalue weighted by atomic mass is 10.3. The molecule has 2 aromatic rings. The summed E-state index contributed by atoms with van der Waals surface area (Å²) in [6, 6.07) is 11.3. The number of nitrogens with one attached hydrogen (secondary N) is 1. The molecule has 0 bridgehead atoms. The average Bonchev–Trinajstić information content (AvgIpc) is 2.38. The van der Waals surface area contributed by atoms with Crippen molar-refractivity contribution in [1.82, 2.24) is 0 Å². The van der Waals surface area contributed by atoms with Crippen molar-refractivity contribution in [1.29, 1.82) is 0 Å². The van der Waals surface area contributed by atoms with Gasteiger partial charge in [-0.15, -0.1) is 0 Å². The van der Waals surface area contributed by atoms with Gasteiger partial charge in [0.1, 0.15) is 10.6 Å². The second-order valence-electron chi connectivity index (χ2n) is 3.91. The predicted molar refractivity (Wildman–Crippen MR) is 83.0 cm³/mol. The maximum Gasteiger partial charge on any atom is 0.265 e. The van der Waals surface area contributed by atoms with E-state index in [1.807, 2.05) is 0 Å². The lowest BCUT2D eigenvalue weighted by molar-refractivity contribution is 0.403. The topological polar surface area (TPSA) is 55.4 Å². The average molecular weight is 377 g/mol. The normalized spacial score (nSPS) is 11.2. The quantitative estimate of drug-likeness (QED) is 0.880. The van der Waals surface area contributed by atoms with Crippen molar-refractivity contribution in [3.05, 3.63) is 52.0 Å². The smallest absolute Gasteiger partial charge is 0.265 e. The molecule has 0 aromatic heterocycles. The summed E-state index contributed by atoms with van der Waals surface area (Å²) in [6.07, 6.45) is 0. The molecule has 1 N–H and O–H groups in total. The molecule has 0 saturated heterocycles. The molecular weight excluding hydrogens is 366 g/mol. The highest BCUT2D eigenvalue weighted by molar-refractivity contribution is 9.10. The number of benzene rings is 2. The molecule has 0 aliphatic carbocycles. The van der Waals surface area contributed by atoms with Crippen LogP contribution in [-0.4, -0.2) is 15.5 Å². The van der Waals surface area contributed by atoms with Gasteiger partial charge in [-0.3, -0.25) is 4.72 Å². The lowest BCUT2D eigenvalue weighted by Crippen LogP contribution is -2.14. The van der Waals surface area contributed by atoms with E-state index in [4.69, 9.17) is 16.3 Å². The van der Waals surface area contributed by atoms with E-state index in [0.29, 0.717) is 10.7 Å². The number of rotatable bonds is 4. The Kier molecular flexibility index (Phi) is 4.57. The zero-order valence-corrected chi connectivity index (χ0v) is 13.6. The van der Waals surface area contributed by atoms with E-state index >= 15 is 0 Å². The number of ether oxygens (including phenoxy) is 1. The van der Waals surface area contributed by atoms with Gasteiger partial charge in [0.2, 0.25) is 0 Å². The minimum atomic E-state index is -3.78. The maximum atomic E-state index is 12.4. The Morgan fingerprint density at radius 1 is 1.20 bits per heavy atom. The molecule has 7 heteroatoms. The van der Waals surface area contributed by atoms with E-state index < -0.39 is 10.0 Å². The molecule has 0 aliphatic rings. The number of halogens is 2. The van der Waals surface area contributed by atoms with Gasteiger partial charge in [0.05, 0.1) is 7.11 Å². The van der Waals surface area contributed by atoms with Crippen LogP contribution in [0.4, 0.5) is 5.69 Å². The fourth-order valence-corrected chi connectivity index (χ4v) is 3.50. The van der Waals surface area contributed by atoms with Gasteiger partial charge in [-0.1, -0.05) is 33.6 Å². The van der Waals surface area contributed by atoms with Crippen molar-refractivity contribution in [3.63, 3.8) is 0 Å². The monoisotopic (exact) mass is 375 g/mol. The molecule has 0 spiro atoms. The van der Waals surface area contributed by atoms with Crippen LogP contribution >= 0.6 is 27.5 Å². The van der Waals surface area contributed by atoms with E-state index in [1.165, 1.54) is 19.2 Å². The fraction of sp³-hybridized carbons (Fsp3) is 0.0769. The van der Waals surface area contributed by atoms with E-state index in [2.05, 4.69) is 20.7 Å². The molecule has 2 aromatic carbocycles. The first-order chi connectivity index (χ1) is 9.42. The summed E-state index contributed by atoms with van der Waals surface area (Å²) in [5.41, 5.74) is 0.446. The minimum Gasteiger partial charge on any atom is -0.495 e. The third-order valence-electron chi connectivity index (χ3n) is 2.49. The van der Waals surface area contributed by atoms with Gasteiger partial charge in [0.25, 0.3) is 10.0 Å². The first kappa shape index (κ1) is 15.2. The zero-order valence-electron chi connectivity index (χ0n) is 10.4. The van der Waals surface area contributed by atoms with Gasteiger partial charge in [0, 0.05) is 15.2 Å². The van der Waals surface area contributed by atoms with Crippen LogP contribution in [0, 0.1) is 0 Å². The molecule has 0 fully saturated rings. The van der Waals surface area contributed by atoms with Gasteiger partial charge < -0.3 is 4.74 Å². The second kappa shape index (κ2) is 6.03. The molecule has 0 unspecified atom stereocenters. The summed E-state index contributed by atoms with van der Waals surface area (Å²) in [4.78, 5) is -0.00697. The molecule has 0 saturated carbocycles. The first-order valence-corrected chi connectivity index (χ1v) is 8.20. The van der Waals surface area contributed by atoms with Crippen molar-refractivity contribution < 1.29 is 13.2 Å². The highest BCUT2D eigenvalue weighted by Gasteiger charge is 2.20. The van der Waals surface area contributed by atoms with Crippen molar-refractivity contribution in [2.24, 2.45) is 0 Å². The van der Waals surface area contributed by atoms with Gasteiger partial charge in [-0.25, -0.2) is 8.42 Å². The Bertz CT molecular complexity index is 734. The Morgan fingerprint density at radius 3 is 2.60 bits per heavy atom. The molecular formula is C13H11BrClNO3S. The molecule has 0 radical (unpaired) electrons. The van der Waals surface area contributed by atoms with Crippen LogP contribution in [-0.2, 0) is 10.0 Å². The molecule has 4 nitrogen and oxygen atoms in total. The van der Waals surface area contributed by atoms with E-state index in [1.54, 1.807) is 30.3 Å². The van der Waals surface area contributed by atoms with Crippen LogP contribution in [0.5, 0.6) is 5.75 Å². The third kappa shape index (κ3) is 3.45. The minimum absolute atomic E-state index is 0.00697. The molecule has 20 heavy (non-hydrogen) atoms. The zero-order chi connectivity index (χ0) is 14.8. The van der Waals surface area contributed by atoms with Crippen LogP contribution < -0.4 is 9.46 Å². The van der Waals surface area contributed by atoms with Crippen LogP contribution in [0.1, 0.15) is 0 Å². The third-order valence-corrected chi connectivity index (χ3v) is 4.62. The van der Waals surface area contributed by atoms with Crippen LogP contribution in [0.25, 0.3) is 0 Å². The van der Waals surface area contributed by atoms with Gasteiger partial charge in [-0.05, 0) is 36.4 Å². The second-order valence-corrected chi connectivity index (χ2v) is 6.91. The molecule has 0 atom stereocenters. The summed E-state index contributed by atoms with van der Waals surface area (Å²) >= 11 is 9.14. The largest absolute Gasteiger partial charge is 0.495 e. The lowest BCUT2D eigenvalue weighted by Gasteiger charge is -2.12. The number of anilines is 1. The summed E-state index contributed by atoms with van der Waals surface area (Å²) in [5, 5.41) is 0.320. The fourth-order valence-electron chi connectivity index (χ4n) is 1.62. The standard InChI is InChI=1S/C13H11BrClNO3S/c1-19-12-6-5-10(15)8-13(12)20(17,18)16-11-4-2-3-9(14)7-11/h2-8,16H,1H3. The van der Waals surface area contributed by atoms with Crippen molar-refractivity contribution >= 4 is 43.2 Å². The van der Waals surface area contributed by atoms with Gasteiger partial charge in [0.15, 0.2) is 0 Å². The van der Waals surface area contributed by atoms with E-state index in [-0.39, 0.29) is 10.6 Å². The van der Waals surface area contributed by atoms with E-state index in [0.717, 1.165) is 4.47 Å². The van der Waals surface area contributed by atoms with E-state index in [9.17, 15) is 8.42 Å². The van der Waals surface area contributed by atoms with Crippen molar-refractivity contribution in [2.45, 2.75) is 4.90 Å². The SMILES string of the molecule is COc1ccc(Cl)cc1S(=O)(=O)Nc1cccc(Br)c1. The van der Waals surface area contributed by atoms with Crippen molar-refractivity contribution in [3.8, 4) is 5.75 Å². The Morgan fingerprint density at radius 2 is 1.95 bits per heavy atom. The number of methoxy groups -OCH3 is 1. The molecule has 0 aliphatic heterocycles. The molecule has 0 amide bonds. The summed E-state index contributed by atoms with van der Waals surface area (Å²) in [6.45, 7) is 0. The molecule has 0 heterocycles. The summed E-state index contributed by atoms with van der Waals surface area (Å²) in [5.74, 6) is 0.233. The first-order valence-electron chi connectivity index (χ1n) is 5.54. The highest BCUT2D eigenvalue weighted by Crippen LogP contribution is 2.29. The van der Waals surface area contributed by atoms with Crippen LogP contribution in [0.3, 0.4) is 0 Å². The number of hydrogen-bond donors (Lipinski definition) is 1. The van der Waals surface area contributed by atoms with Crippen LogP contribution in [0.2, 0.25) is 5.02 Å². The summed E-state index contributed by atoms with van der Waals surface area (Å²) in [7, 11) is -2.37. The van der Waals surface area contributed by atoms with Crippen molar-refractivity contribution in [2.75, 3.05) is 11.8 Å².